The summed E-state index contributed by atoms with van der Waals surface area (Å²) < 4.78 is 1.95. The van der Waals surface area contributed by atoms with Crippen molar-refractivity contribution in [3.05, 3.63) is 42.7 Å². The summed E-state index contributed by atoms with van der Waals surface area (Å²) in [6.07, 6.45) is 9.00. The van der Waals surface area contributed by atoms with E-state index in [1.54, 1.807) is 18.6 Å². The molecular formula is C15H20N4OS. The van der Waals surface area contributed by atoms with Gasteiger partial charge in [-0.2, -0.15) is 0 Å². The molecule has 112 valence electrons. The molecule has 2 rings (SSSR count). The molecule has 2 heterocycles. The quantitative estimate of drug-likeness (QED) is 0.799. The molecule has 0 bridgehead atoms. The highest BCUT2D eigenvalue weighted by atomic mass is 32.2. The average molecular weight is 304 g/mol. The Hall–Kier alpha value is -1.82. The predicted octanol–water partition coefficient (Wildman–Crippen LogP) is 2.56. The molecule has 0 spiro atoms. The fourth-order valence-electron chi connectivity index (χ4n) is 2.09. The minimum Gasteiger partial charge on any atom is -0.345 e. The Morgan fingerprint density at radius 2 is 2.14 bits per heavy atom. The summed E-state index contributed by atoms with van der Waals surface area (Å²) in [6, 6.07) is 3.78. The molecule has 0 fully saturated rings. The second kappa shape index (κ2) is 7.83. The molecule has 0 saturated heterocycles. The standard InChI is InChI=1S/C15H20N4OS/c1-3-4-13(15-17-9-10-19(15)2)18-14(20)11-21-12-5-7-16-8-6-12/h5-10,13H,3-4,11H2,1-2H3,(H,18,20)/t13-/m0/s1. The second-order valence-corrected chi connectivity index (χ2v) is 5.83. The molecule has 6 heteroatoms. The lowest BCUT2D eigenvalue weighted by atomic mass is 10.1. The molecule has 1 N–H and O–H groups in total. The summed E-state index contributed by atoms with van der Waals surface area (Å²) in [5, 5.41) is 3.07. The summed E-state index contributed by atoms with van der Waals surface area (Å²) in [5.41, 5.74) is 0. The molecule has 1 amide bonds. The zero-order valence-corrected chi connectivity index (χ0v) is 13.1. The van der Waals surface area contributed by atoms with Crippen LogP contribution in [-0.2, 0) is 11.8 Å². The molecule has 0 unspecified atom stereocenters. The van der Waals surface area contributed by atoms with Crippen LogP contribution >= 0.6 is 11.8 Å². The molecule has 2 aromatic heterocycles. The lowest BCUT2D eigenvalue weighted by Gasteiger charge is -2.17. The monoisotopic (exact) mass is 304 g/mol. The van der Waals surface area contributed by atoms with Crippen LogP contribution in [0, 0.1) is 0 Å². The maximum absolute atomic E-state index is 12.1. The molecule has 1 atom stereocenters. The van der Waals surface area contributed by atoms with Crippen LogP contribution in [0.1, 0.15) is 31.6 Å². The summed E-state index contributed by atoms with van der Waals surface area (Å²) in [6.45, 7) is 2.10. The molecule has 0 aliphatic rings. The van der Waals surface area contributed by atoms with Gasteiger partial charge in [0.05, 0.1) is 11.8 Å². The lowest BCUT2D eigenvalue weighted by molar-refractivity contribution is -0.119. The summed E-state index contributed by atoms with van der Waals surface area (Å²) in [4.78, 5) is 21.5. The van der Waals surface area contributed by atoms with Crippen LogP contribution in [0.25, 0.3) is 0 Å². The van der Waals surface area contributed by atoms with Crippen molar-refractivity contribution < 1.29 is 4.79 Å². The van der Waals surface area contributed by atoms with Crippen LogP contribution in [0.4, 0.5) is 0 Å². The molecular weight excluding hydrogens is 284 g/mol. The first kappa shape index (κ1) is 15.6. The Bertz CT molecular complexity index is 570. The molecule has 21 heavy (non-hydrogen) atoms. The van der Waals surface area contributed by atoms with Gasteiger partial charge in [0, 0.05) is 36.7 Å². The minimum absolute atomic E-state index is 0.0262. The first-order chi connectivity index (χ1) is 10.2. The topological polar surface area (TPSA) is 59.8 Å². The van der Waals surface area contributed by atoms with Gasteiger partial charge in [-0.05, 0) is 18.6 Å². The smallest absolute Gasteiger partial charge is 0.230 e. The number of aromatic nitrogens is 3. The van der Waals surface area contributed by atoms with Crippen molar-refractivity contribution in [3.63, 3.8) is 0 Å². The van der Waals surface area contributed by atoms with Gasteiger partial charge in [-0.25, -0.2) is 4.98 Å². The number of carbonyl (C=O) groups is 1. The number of amides is 1. The van der Waals surface area contributed by atoms with Crippen molar-refractivity contribution in [2.45, 2.75) is 30.7 Å². The highest BCUT2D eigenvalue weighted by Crippen LogP contribution is 2.19. The van der Waals surface area contributed by atoms with Crippen molar-refractivity contribution in [2.24, 2.45) is 7.05 Å². The third kappa shape index (κ3) is 4.60. The Labute approximate surface area is 129 Å². The van der Waals surface area contributed by atoms with Gasteiger partial charge in [-0.1, -0.05) is 13.3 Å². The van der Waals surface area contributed by atoms with Gasteiger partial charge in [0.1, 0.15) is 5.82 Å². The molecule has 0 aromatic carbocycles. The van der Waals surface area contributed by atoms with Gasteiger partial charge in [0.25, 0.3) is 0 Å². The van der Waals surface area contributed by atoms with E-state index in [0.717, 1.165) is 23.6 Å². The summed E-state index contributed by atoms with van der Waals surface area (Å²) in [7, 11) is 1.95. The zero-order valence-electron chi connectivity index (χ0n) is 12.3. The van der Waals surface area contributed by atoms with Crippen LogP contribution in [0.2, 0.25) is 0 Å². The van der Waals surface area contributed by atoms with E-state index < -0.39 is 0 Å². The van der Waals surface area contributed by atoms with E-state index in [0.29, 0.717) is 5.75 Å². The molecule has 5 nitrogen and oxygen atoms in total. The molecule has 2 aromatic rings. The minimum atomic E-state index is -0.0273. The third-order valence-electron chi connectivity index (χ3n) is 3.10. The van der Waals surface area contributed by atoms with Crippen LogP contribution < -0.4 is 5.32 Å². The van der Waals surface area contributed by atoms with E-state index in [1.807, 2.05) is 29.9 Å². The first-order valence-corrected chi connectivity index (χ1v) is 7.98. The number of hydrogen-bond donors (Lipinski definition) is 1. The van der Waals surface area contributed by atoms with Gasteiger partial charge in [0.2, 0.25) is 5.91 Å². The molecule has 0 radical (unpaired) electrons. The Kier molecular flexibility index (Phi) is 5.80. The Balaban J connectivity index is 1.91. The van der Waals surface area contributed by atoms with E-state index in [9.17, 15) is 4.79 Å². The zero-order chi connectivity index (χ0) is 15.1. The number of rotatable bonds is 7. The molecule has 0 aliphatic carbocycles. The Morgan fingerprint density at radius 3 is 2.76 bits per heavy atom. The normalized spacial score (nSPS) is 12.1. The highest BCUT2D eigenvalue weighted by molar-refractivity contribution is 8.00. The maximum atomic E-state index is 12.1. The van der Waals surface area contributed by atoms with E-state index in [1.165, 1.54) is 11.8 Å². The number of pyridine rings is 1. The molecule has 0 aliphatic heterocycles. The van der Waals surface area contributed by atoms with Crippen LogP contribution in [0.3, 0.4) is 0 Å². The van der Waals surface area contributed by atoms with Gasteiger partial charge in [-0.15, -0.1) is 11.8 Å². The van der Waals surface area contributed by atoms with Crippen molar-refractivity contribution in [1.29, 1.82) is 0 Å². The second-order valence-electron chi connectivity index (χ2n) is 4.78. The van der Waals surface area contributed by atoms with Crippen LogP contribution in [0.15, 0.2) is 41.8 Å². The Morgan fingerprint density at radius 1 is 1.38 bits per heavy atom. The lowest BCUT2D eigenvalue weighted by Crippen LogP contribution is -2.31. The number of hydrogen-bond acceptors (Lipinski definition) is 4. The SMILES string of the molecule is CCC[C@H](NC(=O)CSc1ccncc1)c1nccn1C. The van der Waals surface area contributed by atoms with Gasteiger partial charge >= 0.3 is 0 Å². The van der Waals surface area contributed by atoms with E-state index in [4.69, 9.17) is 0 Å². The third-order valence-corrected chi connectivity index (χ3v) is 4.11. The average Bonchev–Trinajstić information content (AvgIpc) is 2.92. The first-order valence-electron chi connectivity index (χ1n) is 7.00. The number of nitrogens with zero attached hydrogens (tertiary/aromatic N) is 3. The van der Waals surface area contributed by atoms with Crippen LogP contribution in [-0.4, -0.2) is 26.2 Å². The van der Waals surface area contributed by atoms with Crippen molar-refractivity contribution in [1.82, 2.24) is 19.9 Å². The number of carbonyl (C=O) groups excluding carboxylic acids is 1. The van der Waals surface area contributed by atoms with E-state index in [2.05, 4.69) is 22.2 Å². The highest BCUT2D eigenvalue weighted by Gasteiger charge is 2.17. The van der Waals surface area contributed by atoms with Crippen molar-refractivity contribution >= 4 is 17.7 Å². The van der Waals surface area contributed by atoms with Gasteiger partial charge in [0.15, 0.2) is 0 Å². The fourth-order valence-corrected chi connectivity index (χ4v) is 2.78. The number of nitrogens with one attached hydrogen (secondary N) is 1. The number of aryl methyl sites for hydroxylation is 1. The van der Waals surface area contributed by atoms with Gasteiger partial charge in [-0.3, -0.25) is 9.78 Å². The molecule has 0 saturated carbocycles. The summed E-state index contributed by atoms with van der Waals surface area (Å²) in [5.74, 6) is 1.33. The number of imidazole rings is 1. The fraction of sp³-hybridized carbons (Fsp3) is 0.400. The van der Waals surface area contributed by atoms with Crippen LogP contribution in [0.5, 0.6) is 0 Å². The predicted molar refractivity (Wildman–Crippen MR) is 84.0 cm³/mol. The van der Waals surface area contributed by atoms with Crippen molar-refractivity contribution in [3.8, 4) is 0 Å². The maximum Gasteiger partial charge on any atom is 0.230 e. The number of thioether (sulfide) groups is 1. The summed E-state index contributed by atoms with van der Waals surface area (Å²) >= 11 is 1.51. The van der Waals surface area contributed by atoms with E-state index >= 15 is 0 Å². The largest absolute Gasteiger partial charge is 0.345 e. The van der Waals surface area contributed by atoms with Gasteiger partial charge < -0.3 is 9.88 Å². The van der Waals surface area contributed by atoms with Crippen molar-refractivity contribution in [2.75, 3.05) is 5.75 Å². The van der Waals surface area contributed by atoms with E-state index in [-0.39, 0.29) is 11.9 Å².